The van der Waals surface area contributed by atoms with Crippen molar-refractivity contribution in [2.45, 2.75) is 6.61 Å². The van der Waals surface area contributed by atoms with Crippen molar-refractivity contribution in [3.8, 4) is 17.6 Å². The second-order valence-corrected chi connectivity index (χ2v) is 4.38. The van der Waals surface area contributed by atoms with E-state index < -0.39 is 0 Å². The molecule has 0 unspecified atom stereocenters. The van der Waals surface area contributed by atoms with Gasteiger partial charge >= 0.3 is 0 Å². The van der Waals surface area contributed by atoms with Crippen molar-refractivity contribution in [1.29, 1.82) is 5.26 Å². The van der Waals surface area contributed by atoms with Gasteiger partial charge in [-0.15, -0.1) is 0 Å². The second-order valence-electron chi connectivity index (χ2n) is 4.38. The van der Waals surface area contributed by atoms with Crippen molar-refractivity contribution in [3.63, 3.8) is 0 Å². The second kappa shape index (κ2) is 7.70. The van der Waals surface area contributed by atoms with Crippen LogP contribution in [0.15, 0.2) is 47.6 Å². The van der Waals surface area contributed by atoms with Crippen molar-refractivity contribution in [2.24, 2.45) is 5.16 Å². The summed E-state index contributed by atoms with van der Waals surface area (Å²) in [5.74, 6) is 1.38. The minimum atomic E-state index is 0.229. The maximum atomic E-state index is 9.00. The molecule has 0 saturated heterocycles. The van der Waals surface area contributed by atoms with E-state index >= 15 is 0 Å². The largest absolute Gasteiger partial charge is 0.497 e. The number of ether oxygens (including phenoxy) is 2. The van der Waals surface area contributed by atoms with Gasteiger partial charge in [-0.05, 0) is 24.3 Å². The van der Waals surface area contributed by atoms with Crippen molar-refractivity contribution < 1.29 is 14.3 Å². The molecule has 22 heavy (non-hydrogen) atoms. The molecule has 0 aromatic heterocycles. The highest BCUT2D eigenvalue weighted by Gasteiger charge is 2.03. The van der Waals surface area contributed by atoms with Crippen LogP contribution in [0, 0.1) is 11.3 Å². The number of benzene rings is 2. The Bertz CT molecular complexity index is 705. The molecule has 5 heteroatoms. The molecule has 0 aliphatic carbocycles. The lowest BCUT2D eigenvalue weighted by Gasteiger charge is -2.06. The zero-order valence-corrected chi connectivity index (χ0v) is 12.4. The first-order valence-corrected chi connectivity index (χ1v) is 6.64. The summed E-state index contributed by atoms with van der Waals surface area (Å²) in [5.41, 5.74) is 2.12. The average molecular weight is 296 g/mol. The Hall–Kier alpha value is -3.00. The summed E-state index contributed by atoms with van der Waals surface area (Å²) in [5, 5.41) is 12.9. The maximum Gasteiger partial charge on any atom is 0.143 e. The maximum absolute atomic E-state index is 9.00. The summed E-state index contributed by atoms with van der Waals surface area (Å²) in [4.78, 5) is 5.26. The monoisotopic (exact) mass is 296 g/mol. The Balaban J connectivity index is 2.05. The van der Waals surface area contributed by atoms with Crippen LogP contribution >= 0.6 is 0 Å². The van der Waals surface area contributed by atoms with Crippen LogP contribution in [0.25, 0.3) is 0 Å². The summed E-state index contributed by atoms with van der Waals surface area (Å²) in [6.45, 7) is 0.229. The quantitative estimate of drug-likeness (QED) is 0.607. The Morgan fingerprint density at radius 2 is 1.95 bits per heavy atom. The van der Waals surface area contributed by atoms with Crippen LogP contribution in [0.2, 0.25) is 0 Å². The van der Waals surface area contributed by atoms with Gasteiger partial charge in [0.15, 0.2) is 0 Å². The highest BCUT2D eigenvalue weighted by molar-refractivity contribution is 5.83. The predicted molar refractivity (Wildman–Crippen MR) is 83.1 cm³/mol. The highest BCUT2D eigenvalue weighted by atomic mass is 16.6. The van der Waals surface area contributed by atoms with Crippen molar-refractivity contribution in [1.82, 2.24) is 0 Å². The fourth-order valence-electron chi connectivity index (χ4n) is 1.90. The van der Waals surface area contributed by atoms with E-state index in [0.29, 0.717) is 17.1 Å². The molecule has 0 radical (unpaired) electrons. The molecule has 112 valence electrons. The van der Waals surface area contributed by atoms with Crippen LogP contribution in [-0.4, -0.2) is 20.4 Å². The first-order valence-electron chi connectivity index (χ1n) is 6.64. The van der Waals surface area contributed by atoms with Crippen LogP contribution in [0.4, 0.5) is 0 Å². The fraction of sp³-hybridized carbons (Fsp3) is 0.176. The Morgan fingerprint density at radius 3 is 2.68 bits per heavy atom. The van der Waals surface area contributed by atoms with E-state index in [1.807, 2.05) is 18.2 Å². The van der Waals surface area contributed by atoms with E-state index in [1.165, 1.54) is 0 Å². The molecule has 0 saturated carbocycles. The van der Waals surface area contributed by atoms with E-state index in [-0.39, 0.29) is 6.61 Å². The lowest BCUT2D eigenvalue weighted by molar-refractivity contribution is 0.132. The smallest absolute Gasteiger partial charge is 0.143 e. The number of hydrogen-bond acceptors (Lipinski definition) is 5. The average Bonchev–Trinajstić information content (AvgIpc) is 2.58. The number of rotatable bonds is 6. The molecule has 0 aliphatic rings. The molecular formula is C17H16N2O3. The third-order valence-electron chi connectivity index (χ3n) is 3.06. The minimum absolute atomic E-state index is 0.229. The minimum Gasteiger partial charge on any atom is -0.497 e. The summed E-state index contributed by atoms with van der Waals surface area (Å²) >= 11 is 0. The third kappa shape index (κ3) is 3.76. The number of oxime groups is 1. The number of hydrogen-bond donors (Lipinski definition) is 0. The third-order valence-corrected chi connectivity index (χ3v) is 3.06. The van der Waals surface area contributed by atoms with E-state index in [0.717, 1.165) is 11.1 Å². The molecule has 0 heterocycles. The van der Waals surface area contributed by atoms with Gasteiger partial charge in [-0.3, -0.25) is 0 Å². The first-order chi connectivity index (χ1) is 10.8. The molecule has 0 amide bonds. The zero-order chi connectivity index (χ0) is 15.8. The molecule has 5 nitrogen and oxygen atoms in total. The Labute approximate surface area is 129 Å². The highest BCUT2D eigenvalue weighted by Crippen LogP contribution is 2.22. The fourth-order valence-corrected chi connectivity index (χ4v) is 1.90. The van der Waals surface area contributed by atoms with Crippen LogP contribution in [0.5, 0.6) is 11.5 Å². The SMILES string of the molecule is COc1ccc(OC)c(/C=N\OCc2ccccc2C#N)c1. The van der Waals surface area contributed by atoms with Crippen LogP contribution in [-0.2, 0) is 11.4 Å². The van der Waals surface area contributed by atoms with E-state index in [4.69, 9.17) is 19.6 Å². The van der Waals surface area contributed by atoms with E-state index in [9.17, 15) is 0 Å². The summed E-state index contributed by atoms with van der Waals surface area (Å²) in [6, 6.07) is 14.8. The van der Waals surface area contributed by atoms with Gasteiger partial charge in [-0.1, -0.05) is 23.4 Å². The topological polar surface area (TPSA) is 63.8 Å². The van der Waals surface area contributed by atoms with Gasteiger partial charge < -0.3 is 14.3 Å². The number of methoxy groups -OCH3 is 2. The lowest BCUT2D eigenvalue weighted by Crippen LogP contribution is -1.95. The molecule has 0 aliphatic heterocycles. The van der Waals surface area contributed by atoms with Gasteiger partial charge in [0.1, 0.15) is 18.1 Å². The van der Waals surface area contributed by atoms with E-state index in [2.05, 4.69) is 11.2 Å². The molecule has 0 bridgehead atoms. The van der Waals surface area contributed by atoms with Gasteiger partial charge in [0.05, 0.1) is 32.1 Å². The number of nitriles is 1. The molecule has 2 rings (SSSR count). The lowest BCUT2D eigenvalue weighted by atomic mass is 10.1. The molecule has 2 aromatic rings. The van der Waals surface area contributed by atoms with Gasteiger partial charge in [0, 0.05) is 11.1 Å². The van der Waals surface area contributed by atoms with Crippen LogP contribution in [0.1, 0.15) is 16.7 Å². The summed E-state index contributed by atoms with van der Waals surface area (Å²) in [6.07, 6.45) is 1.55. The Morgan fingerprint density at radius 1 is 1.14 bits per heavy atom. The normalized spacial score (nSPS) is 10.2. The van der Waals surface area contributed by atoms with Gasteiger partial charge in [0.2, 0.25) is 0 Å². The van der Waals surface area contributed by atoms with Crippen molar-refractivity contribution in [2.75, 3.05) is 14.2 Å². The summed E-state index contributed by atoms with van der Waals surface area (Å²) in [7, 11) is 3.18. The molecule has 0 N–H and O–H groups in total. The standard InChI is InChI=1S/C17H16N2O3/c1-20-16-7-8-17(21-2)15(9-16)11-19-22-12-14-6-4-3-5-13(14)10-18/h3-9,11H,12H2,1-2H3/b19-11-. The molecule has 0 fully saturated rings. The molecule has 2 aromatic carbocycles. The summed E-state index contributed by atoms with van der Waals surface area (Å²) < 4.78 is 10.4. The van der Waals surface area contributed by atoms with Crippen LogP contribution in [0.3, 0.4) is 0 Å². The molecule has 0 atom stereocenters. The van der Waals surface area contributed by atoms with E-state index in [1.54, 1.807) is 44.7 Å². The zero-order valence-electron chi connectivity index (χ0n) is 12.4. The molecular weight excluding hydrogens is 280 g/mol. The Kier molecular flexibility index (Phi) is 5.38. The predicted octanol–water partition coefficient (Wildman–Crippen LogP) is 3.13. The van der Waals surface area contributed by atoms with Crippen LogP contribution < -0.4 is 9.47 Å². The number of nitrogens with zero attached hydrogens (tertiary/aromatic N) is 2. The van der Waals surface area contributed by atoms with Crippen molar-refractivity contribution in [3.05, 3.63) is 59.2 Å². The van der Waals surface area contributed by atoms with Gasteiger partial charge in [-0.2, -0.15) is 5.26 Å². The first kappa shape index (κ1) is 15.4. The van der Waals surface area contributed by atoms with Crippen molar-refractivity contribution >= 4 is 6.21 Å². The van der Waals surface area contributed by atoms with Gasteiger partial charge in [-0.25, -0.2) is 0 Å². The molecule has 0 spiro atoms. The van der Waals surface area contributed by atoms with Gasteiger partial charge in [0.25, 0.3) is 0 Å².